The average Bonchev–Trinajstić information content (AvgIpc) is 2.37. The summed E-state index contributed by atoms with van der Waals surface area (Å²) in [5, 5.41) is 3.31. The van der Waals surface area contributed by atoms with E-state index in [1.807, 2.05) is 0 Å². The lowest BCUT2D eigenvalue weighted by atomic mass is 10.00. The van der Waals surface area contributed by atoms with Crippen LogP contribution < -0.4 is 5.32 Å². The third-order valence-electron chi connectivity index (χ3n) is 3.36. The molecular weight excluding hydrogens is 305 g/mol. The molecule has 1 heterocycles. The van der Waals surface area contributed by atoms with E-state index in [2.05, 4.69) is 16.8 Å². The van der Waals surface area contributed by atoms with Crippen LogP contribution in [-0.2, 0) is 0 Å². The Kier molecular flexibility index (Phi) is 6.89. The lowest BCUT2D eigenvalue weighted by Crippen LogP contribution is -2.45. The van der Waals surface area contributed by atoms with E-state index in [0.29, 0.717) is 6.42 Å². The highest BCUT2D eigenvalue weighted by Gasteiger charge is 2.26. The van der Waals surface area contributed by atoms with Gasteiger partial charge in [0.1, 0.15) is 11.6 Å². The molecule has 112 valence electrons. The Hall–Kier alpha value is -0.680. The minimum Gasteiger partial charge on any atom is -0.314 e. The summed E-state index contributed by atoms with van der Waals surface area (Å²) in [6, 6.07) is 2.01. The Labute approximate surface area is 129 Å². The highest BCUT2D eigenvalue weighted by atomic mass is 35.5. The van der Waals surface area contributed by atoms with E-state index in [1.165, 1.54) is 0 Å². The van der Waals surface area contributed by atoms with Crippen LogP contribution in [0.5, 0.6) is 0 Å². The van der Waals surface area contributed by atoms with Gasteiger partial charge in [-0.15, -0.1) is 19.0 Å². The van der Waals surface area contributed by atoms with Crippen molar-refractivity contribution in [1.29, 1.82) is 0 Å². The monoisotopic (exact) mass is 322 g/mol. The normalized spacial score (nSPS) is 17.4. The molecule has 1 aliphatic heterocycles. The van der Waals surface area contributed by atoms with E-state index in [0.717, 1.165) is 38.3 Å². The van der Waals surface area contributed by atoms with Crippen LogP contribution in [0.4, 0.5) is 8.78 Å². The molecule has 1 aromatic carbocycles. The number of hydrogen-bond acceptors (Lipinski definition) is 2. The molecule has 1 N–H and O–H groups in total. The number of hydrogen-bond donors (Lipinski definition) is 1. The van der Waals surface area contributed by atoms with Gasteiger partial charge < -0.3 is 5.32 Å². The van der Waals surface area contributed by atoms with Crippen molar-refractivity contribution in [3.05, 3.63) is 47.0 Å². The Morgan fingerprint density at radius 1 is 1.30 bits per heavy atom. The first-order valence-electron chi connectivity index (χ1n) is 6.33. The Morgan fingerprint density at radius 3 is 2.35 bits per heavy atom. The first-order valence-corrected chi connectivity index (χ1v) is 6.71. The summed E-state index contributed by atoms with van der Waals surface area (Å²) in [6.45, 7) is 6.86. The van der Waals surface area contributed by atoms with Crippen LogP contribution in [0.2, 0.25) is 5.02 Å². The highest BCUT2D eigenvalue weighted by molar-refractivity contribution is 6.30. The van der Waals surface area contributed by atoms with E-state index >= 15 is 0 Å². The standard InChI is InChI=1S/C14H17ClF2N2.ClH/c1-2-3-13(19-6-4-18-5-7-19)14-11(16)8-10(15)9-12(14)17;/h2,8-9,13,18H,1,3-7H2;1H/t13-;/m1./s1. The molecule has 0 radical (unpaired) electrons. The van der Waals surface area contributed by atoms with Crippen LogP contribution in [0.25, 0.3) is 0 Å². The number of nitrogens with one attached hydrogen (secondary N) is 1. The zero-order valence-corrected chi connectivity index (χ0v) is 12.6. The summed E-state index contributed by atoms with van der Waals surface area (Å²) in [7, 11) is 0. The van der Waals surface area contributed by atoms with Gasteiger partial charge in [0.05, 0.1) is 0 Å². The fraction of sp³-hybridized carbons (Fsp3) is 0.429. The number of benzene rings is 1. The summed E-state index contributed by atoms with van der Waals surface area (Å²) in [6.07, 6.45) is 2.20. The van der Waals surface area contributed by atoms with Gasteiger partial charge in [0.25, 0.3) is 0 Å². The third kappa shape index (κ3) is 3.92. The number of halogens is 4. The molecule has 0 unspecified atom stereocenters. The van der Waals surface area contributed by atoms with Gasteiger partial charge >= 0.3 is 0 Å². The smallest absolute Gasteiger partial charge is 0.132 e. The second-order valence-electron chi connectivity index (χ2n) is 4.61. The average molecular weight is 323 g/mol. The number of rotatable bonds is 4. The number of nitrogens with zero attached hydrogens (tertiary/aromatic N) is 1. The second-order valence-corrected chi connectivity index (χ2v) is 5.05. The van der Waals surface area contributed by atoms with E-state index in [-0.39, 0.29) is 29.0 Å². The van der Waals surface area contributed by atoms with Crippen LogP contribution in [0.1, 0.15) is 18.0 Å². The first kappa shape index (κ1) is 17.4. The van der Waals surface area contributed by atoms with Gasteiger partial charge in [-0.25, -0.2) is 8.78 Å². The molecule has 0 aromatic heterocycles. The predicted molar refractivity (Wildman–Crippen MR) is 80.6 cm³/mol. The summed E-state index contributed by atoms with van der Waals surface area (Å²) in [5.41, 5.74) is 0.0891. The van der Waals surface area contributed by atoms with Gasteiger partial charge in [-0.3, -0.25) is 4.90 Å². The Morgan fingerprint density at radius 2 is 1.85 bits per heavy atom. The molecule has 2 nitrogen and oxygen atoms in total. The zero-order valence-electron chi connectivity index (χ0n) is 11.0. The minimum absolute atomic E-state index is 0. The van der Waals surface area contributed by atoms with E-state index in [9.17, 15) is 8.78 Å². The fourth-order valence-electron chi connectivity index (χ4n) is 2.47. The van der Waals surface area contributed by atoms with Crippen LogP contribution in [0.3, 0.4) is 0 Å². The summed E-state index contributed by atoms with van der Waals surface area (Å²) in [5.74, 6) is -1.18. The molecule has 1 aromatic rings. The summed E-state index contributed by atoms with van der Waals surface area (Å²) >= 11 is 5.67. The molecular formula is C14H18Cl2F2N2. The van der Waals surface area contributed by atoms with Crippen molar-refractivity contribution in [2.24, 2.45) is 0 Å². The van der Waals surface area contributed by atoms with Crippen molar-refractivity contribution in [3.8, 4) is 0 Å². The SMILES string of the molecule is C=CC[C@H](c1c(F)cc(Cl)cc1F)N1CCNCC1.Cl. The molecule has 6 heteroatoms. The molecule has 0 spiro atoms. The molecule has 0 saturated carbocycles. The predicted octanol–water partition coefficient (Wildman–Crippen LogP) is 3.56. The molecule has 2 rings (SSSR count). The highest BCUT2D eigenvalue weighted by Crippen LogP contribution is 2.31. The molecule has 1 saturated heterocycles. The Bertz CT molecular complexity index is 439. The number of piperazine rings is 1. The van der Waals surface area contributed by atoms with Crippen molar-refractivity contribution in [1.82, 2.24) is 10.2 Å². The van der Waals surface area contributed by atoms with Crippen molar-refractivity contribution < 1.29 is 8.78 Å². The van der Waals surface area contributed by atoms with Crippen LogP contribution in [-0.4, -0.2) is 31.1 Å². The molecule has 1 aliphatic rings. The first-order chi connectivity index (χ1) is 9.13. The molecule has 20 heavy (non-hydrogen) atoms. The van der Waals surface area contributed by atoms with Gasteiger partial charge in [0, 0.05) is 42.8 Å². The van der Waals surface area contributed by atoms with Crippen molar-refractivity contribution >= 4 is 24.0 Å². The topological polar surface area (TPSA) is 15.3 Å². The maximum absolute atomic E-state index is 14.0. The maximum atomic E-state index is 14.0. The molecule has 0 aliphatic carbocycles. The van der Waals surface area contributed by atoms with Crippen molar-refractivity contribution in [2.45, 2.75) is 12.5 Å². The van der Waals surface area contributed by atoms with Crippen LogP contribution in [0.15, 0.2) is 24.8 Å². The Balaban J connectivity index is 0.00000200. The van der Waals surface area contributed by atoms with E-state index in [4.69, 9.17) is 11.6 Å². The maximum Gasteiger partial charge on any atom is 0.132 e. The summed E-state index contributed by atoms with van der Waals surface area (Å²) in [4.78, 5) is 2.08. The van der Waals surface area contributed by atoms with Gasteiger partial charge in [0.15, 0.2) is 0 Å². The van der Waals surface area contributed by atoms with Gasteiger partial charge in [-0.05, 0) is 18.6 Å². The van der Waals surface area contributed by atoms with E-state index in [1.54, 1.807) is 6.08 Å². The quantitative estimate of drug-likeness (QED) is 0.853. The molecule has 1 fully saturated rings. The fourth-order valence-corrected chi connectivity index (χ4v) is 2.66. The molecule has 0 bridgehead atoms. The van der Waals surface area contributed by atoms with Crippen molar-refractivity contribution in [2.75, 3.05) is 26.2 Å². The van der Waals surface area contributed by atoms with Crippen LogP contribution in [0, 0.1) is 11.6 Å². The second kappa shape index (κ2) is 7.93. The third-order valence-corrected chi connectivity index (χ3v) is 3.58. The molecule has 1 atom stereocenters. The zero-order chi connectivity index (χ0) is 13.8. The van der Waals surface area contributed by atoms with Crippen molar-refractivity contribution in [3.63, 3.8) is 0 Å². The van der Waals surface area contributed by atoms with Gasteiger partial charge in [-0.1, -0.05) is 17.7 Å². The van der Waals surface area contributed by atoms with Crippen LogP contribution >= 0.6 is 24.0 Å². The lowest BCUT2D eigenvalue weighted by Gasteiger charge is -2.35. The lowest BCUT2D eigenvalue weighted by molar-refractivity contribution is 0.168. The molecule has 0 amide bonds. The van der Waals surface area contributed by atoms with E-state index < -0.39 is 11.6 Å². The largest absolute Gasteiger partial charge is 0.314 e. The van der Waals surface area contributed by atoms with Gasteiger partial charge in [-0.2, -0.15) is 0 Å². The van der Waals surface area contributed by atoms with Gasteiger partial charge in [0.2, 0.25) is 0 Å². The minimum atomic E-state index is -0.588. The summed E-state index contributed by atoms with van der Waals surface area (Å²) < 4.78 is 28.1.